The molecule has 0 spiro atoms. The molecule has 1 aliphatic rings. The smallest absolute Gasteiger partial charge is 0.227 e. The maximum absolute atomic E-state index is 12.3. The molecule has 0 bridgehead atoms. The van der Waals surface area contributed by atoms with Gasteiger partial charge < -0.3 is 11.1 Å². The second kappa shape index (κ2) is 7.34. The van der Waals surface area contributed by atoms with Crippen molar-refractivity contribution in [3.05, 3.63) is 0 Å². The fourth-order valence-electron chi connectivity index (χ4n) is 2.74. The van der Waals surface area contributed by atoms with Gasteiger partial charge in [-0.25, -0.2) is 0 Å². The maximum atomic E-state index is 12.3. The Balaban J connectivity index is 0.00000289. The van der Waals surface area contributed by atoms with Crippen molar-refractivity contribution in [2.45, 2.75) is 59.3 Å². The summed E-state index contributed by atoms with van der Waals surface area (Å²) in [6.45, 7) is 7.61. The second-order valence-corrected chi connectivity index (χ2v) is 5.58. The zero-order valence-electron chi connectivity index (χ0n) is 12.1. The van der Waals surface area contributed by atoms with Crippen molar-refractivity contribution in [3.8, 4) is 0 Å². The molecule has 3 nitrogen and oxygen atoms in total. The lowest BCUT2D eigenvalue weighted by Crippen LogP contribution is -2.49. The first kappa shape index (κ1) is 17.7. The number of hydrogen-bond acceptors (Lipinski definition) is 2. The molecule has 0 unspecified atom stereocenters. The molecule has 1 rings (SSSR count). The molecule has 0 atom stereocenters. The van der Waals surface area contributed by atoms with Crippen LogP contribution in [-0.2, 0) is 4.79 Å². The van der Waals surface area contributed by atoms with Gasteiger partial charge in [0, 0.05) is 13.1 Å². The summed E-state index contributed by atoms with van der Waals surface area (Å²) in [6.07, 6.45) is 6.65. The van der Waals surface area contributed by atoms with E-state index in [1.807, 2.05) is 0 Å². The van der Waals surface area contributed by atoms with Crippen LogP contribution in [-0.4, -0.2) is 19.0 Å². The van der Waals surface area contributed by atoms with Crippen molar-refractivity contribution >= 4 is 18.3 Å². The minimum absolute atomic E-state index is 0. The third kappa shape index (κ3) is 3.39. The van der Waals surface area contributed by atoms with E-state index in [-0.39, 0.29) is 23.7 Å². The number of hydrogen-bond donors (Lipinski definition) is 2. The molecule has 0 aromatic heterocycles. The highest BCUT2D eigenvalue weighted by molar-refractivity contribution is 5.85. The van der Waals surface area contributed by atoms with E-state index >= 15 is 0 Å². The molecule has 0 aromatic rings. The molecule has 108 valence electrons. The monoisotopic (exact) mass is 276 g/mol. The standard InChI is InChI=1S/C14H28N2O.ClH/c1-4-13(8-7-9-13)11-16-12(17)14(5-2,6-3)10-15;/h4-11,15H2,1-3H3,(H,16,17);1H. The van der Waals surface area contributed by atoms with Crippen LogP contribution in [0.5, 0.6) is 0 Å². The van der Waals surface area contributed by atoms with Crippen LogP contribution in [0, 0.1) is 10.8 Å². The summed E-state index contributed by atoms with van der Waals surface area (Å²) in [7, 11) is 0. The molecule has 3 N–H and O–H groups in total. The first-order valence-corrected chi connectivity index (χ1v) is 7.06. The van der Waals surface area contributed by atoms with E-state index in [4.69, 9.17) is 5.73 Å². The van der Waals surface area contributed by atoms with Crippen molar-refractivity contribution in [2.75, 3.05) is 13.1 Å². The predicted molar refractivity (Wildman–Crippen MR) is 78.9 cm³/mol. The Bertz CT molecular complexity index is 247. The lowest BCUT2D eigenvalue weighted by molar-refractivity contribution is -0.132. The second-order valence-electron chi connectivity index (χ2n) is 5.58. The minimum Gasteiger partial charge on any atom is -0.355 e. The highest BCUT2D eigenvalue weighted by Gasteiger charge is 2.38. The molecule has 0 heterocycles. The zero-order chi connectivity index (χ0) is 12.9. The van der Waals surface area contributed by atoms with E-state index < -0.39 is 0 Å². The average Bonchev–Trinajstić information content (AvgIpc) is 2.31. The van der Waals surface area contributed by atoms with Gasteiger partial charge in [-0.2, -0.15) is 0 Å². The van der Waals surface area contributed by atoms with Crippen LogP contribution in [0.1, 0.15) is 59.3 Å². The summed E-state index contributed by atoms with van der Waals surface area (Å²) in [5.41, 5.74) is 5.83. The van der Waals surface area contributed by atoms with Crippen molar-refractivity contribution in [3.63, 3.8) is 0 Å². The Morgan fingerprint density at radius 3 is 2.11 bits per heavy atom. The minimum atomic E-state index is -0.349. The van der Waals surface area contributed by atoms with Crippen molar-refractivity contribution in [2.24, 2.45) is 16.6 Å². The van der Waals surface area contributed by atoms with Gasteiger partial charge in [-0.05, 0) is 37.5 Å². The third-order valence-corrected chi connectivity index (χ3v) is 5.01. The molecule has 0 aliphatic heterocycles. The first-order chi connectivity index (χ1) is 8.08. The van der Waals surface area contributed by atoms with Crippen LogP contribution in [0.25, 0.3) is 0 Å². The lowest BCUT2D eigenvalue weighted by Gasteiger charge is -2.42. The molecular formula is C14H29ClN2O. The number of nitrogens with one attached hydrogen (secondary N) is 1. The Hall–Kier alpha value is -0.280. The van der Waals surface area contributed by atoms with E-state index in [1.165, 1.54) is 25.7 Å². The van der Waals surface area contributed by atoms with Gasteiger partial charge in [-0.3, -0.25) is 4.79 Å². The molecule has 0 aromatic carbocycles. The highest BCUT2D eigenvalue weighted by atomic mass is 35.5. The van der Waals surface area contributed by atoms with E-state index in [1.54, 1.807) is 0 Å². The van der Waals surface area contributed by atoms with Crippen molar-refractivity contribution in [1.82, 2.24) is 5.32 Å². The summed E-state index contributed by atoms with van der Waals surface area (Å²) in [4.78, 5) is 12.3. The van der Waals surface area contributed by atoms with Gasteiger partial charge in [-0.15, -0.1) is 12.4 Å². The van der Waals surface area contributed by atoms with Crippen LogP contribution in [0.4, 0.5) is 0 Å². The quantitative estimate of drug-likeness (QED) is 0.751. The molecule has 4 heteroatoms. The summed E-state index contributed by atoms with van der Waals surface area (Å²) < 4.78 is 0. The van der Waals surface area contributed by atoms with Crippen LogP contribution < -0.4 is 11.1 Å². The van der Waals surface area contributed by atoms with Crippen molar-refractivity contribution < 1.29 is 4.79 Å². The first-order valence-electron chi connectivity index (χ1n) is 7.06. The Labute approximate surface area is 118 Å². The van der Waals surface area contributed by atoms with Gasteiger partial charge in [0.15, 0.2) is 0 Å². The molecule has 1 aliphatic carbocycles. The fourth-order valence-corrected chi connectivity index (χ4v) is 2.74. The molecule has 0 saturated heterocycles. The Kier molecular flexibility index (Phi) is 7.23. The number of rotatable bonds is 7. The SMILES string of the molecule is CCC1(CNC(=O)C(CC)(CC)CN)CCC1.Cl. The van der Waals surface area contributed by atoms with Gasteiger partial charge in [-0.1, -0.05) is 27.2 Å². The molecule has 0 radical (unpaired) electrons. The molecule has 18 heavy (non-hydrogen) atoms. The molecule has 1 saturated carbocycles. The predicted octanol–water partition coefficient (Wildman–Crippen LogP) is 2.87. The van der Waals surface area contributed by atoms with Gasteiger partial charge in [0.25, 0.3) is 0 Å². The Morgan fingerprint density at radius 1 is 1.28 bits per heavy atom. The maximum Gasteiger partial charge on any atom is 0.227 e. The largest absolute Gasteiger partial charge is 0.355 e. The Morgan fingerprint density at radius 2 is 1.83 bits per heavy atom. The van der Waals surface area contributed by atoms with Crippen LogP contribution in [0.15, 0.2) is 0 Å². The number of halogens is 1. The van der Waals surface area contributed by atoms with Gasteiger partial charge in [0.1, 0.15) is 0 Å². The molecule has 1 fully saturated rings. The average molecular weight is 277 g/mol. The van der Waals surface area contributed by atoms with Gasteiger partial charge in [0.05, 0.1) is 5.41 Å². The fraction of sp³-hybridized carbons (Fsp3) is 0.929. The van der Waals surface area contributed by atoms with Gasteiger partial charge >= 0.3 is 0 Å². The number of carbonyl (C=O) groups excluding carboxylic acids is 1. The summed E-state index contributed by atoms with van der Waals surface area (Å²) in [5.74, 6) is 0.157. The van der Waals surface area contributed by atoms with Crippen molar-refractivity contribution in [1.29, 1.82) is 0 Å². The zero-order valence-corrected chi connectivity index (χ0v) is 12.9. The number of amides is 1. The van der Waals surface area contributed by atoms with E-state index in [0.717, 1.165) is 19.4 Å². The van der Waals surface area contributed by atoms with Gasteiger partial charge in [0.2, 0.25) is 5.91 Å². The highest BCUT2D eigenvalue weighted by Crippen LogP contribution is 2.43. The number of nitrogens with two attached hydrogens (primary N) is 1. The van der Waals surface area contributed by atoms with Crippen LogP contribution in [0.3, 0.4) is 0 Å². The molecule has 1 amide bonds. The van der Waals surface area contributed by atoms with E-state index in [2.05, 4.69) is 26.1 Å². The topological polar surface area (TPSA) is 55.1 Å². The lowest BCUT2D eigenvalue weighted by atomic mass is 9.67. The van der Waals surface area contributed by atoms with Crippen LogP contribution in [0.2, 0.25) is 0 Å². The third-order valence-electron chi connectivity index (χ3n) is 5.01. The summed E-state index contributed by atoms with van der Waals surface area (Å²) in [5, 5.41) is 3.15. The van der Waals surface area contributed by atoms with E-state index in [0.29, 0.717) is 12.0 Å². The van der Waals surface area contributed by atoms with E-state index in [9.17, 15) is 4.79 Å². The van der Waals surface area contributed by atoms with Crippen LogP contribution >= 0.6 is 12.4 Å². The normalized spacial score (nSPS) is 17.6. The molecular weight excluding hydrogens is 248 g/mol. The summed E-state index contributed by atoms with van der Waals surface area (Å²) >= 11 is 0. The number of carbonyl (C=O) groups is 1. The summed E-state index contributed by atoms with van der Waals surface area (Å²) in [6, 6.07) is 0.